The van der Waals surface area contributed by atoms with Crippen molar-refractivity contribution < 1.29 is 4.79 Å². The monoisotopic (exact) mass is 335 g/mol. The van der Waals surface area contributed by atoms with Crippen LogP contribution in [0.3, 0.4) is 0 Å². The summed E-state index contributed by atoms with van der Waals surface area (Å²) < 4.78 is 0.811. The summed E-state index contributed by atoms with van der Waals surface area (Å²) >= 11 is 2.72. The summed E-state index contributed by atoms with van der Waals surface area (Å²) in [6.45, 7) is 0. The van der Waals surface area contributed by atoms with E-state index in [4.69, 9.17) is 0 Å². The smallest absolute Gasteiger partial charge is 0.244 e. The Morgan fingerprint density at radius 1 is 1.00 bits per heavy atom. The van der Waals surface area contributed by atoms with Gasteiger partial charge in [0.2, 0.25) is 5.12 Å². The summed E-state index contributed by atoms with van der Waals surface area (Å²) in [7, 11) is 0. The molecule has 0 saturated heterocycles. The summed E-state index contributed by atoms with van der Waals surface area (Å²) in [5.74, 6) is 0. The summed E-state index contributed by atoms with van der Waals surface area (Å²) in [4.78, 5) is 16.6. The Kier molecular flexibility index (Phi) is 3.71. The van der Waals surface area contributed by atoms with Crippen molar-refractivity contribution >= 4 is 60.6 Å². The number of hydrogen-bond donors (Lipinski definition) is 0. The van der Waals surface area contributed by atoms with E-state index < -0.39 is 0 Å². The van der Waals surface area contributed by atoms with E-state index in [0.29, 0.717) is 5.70 Å². The first-order valence-corrected chi connectivity index (χ1v) is 9.27. The maximum absolute atomic E-state index is 12.2. The third-order valence-corrected chi connectivity index (χ3v) is 5.72. The summed E-state index contributed by atoms with van der Waals surface area (Å²) in [5, 5.41) is 4.65. The normalized spacial score (nSPS) is 16.5. The highest BCUT2D eigenvalue weighted by Crippen LogP contribution is 2.34. The minimum Gasteiger partial charge on any atom is -0.279 e. The van der Waals surface area contributed by atoms with Crippen LogP contribution in [0.1, 0.15) is 5.56 Å². The number of nitrogens with zero attached hydrogens (tertiary/aromatic N) is 1. The molecule has 1 heterocycles. The van der Waals surface area contributed by atoms with Crippen LogP contribution in [0.5, 0.6) is 0 Å². The second-order valence-electron chi connectivity index (χ2n) is 5.23. The van der Waals surface area contributed by atoms with Crippen LogP contribution in [0.25, 0.3) is 27.6 Å². The average molecular weight is 335 g/mol. The number of rotatable bonds is 1. The molecule has 0 fully saturated rings. The van der Waals surface area contributed by atoms with Gasteiger partial charge in [-0.25, -0.2) is 4.99 Å². The second kappa shape index (κ2) is 5.87. The number of carbonyl (C=O) groups is 1. The number of thioether (sulfide) groups is 2. The fraction of sp³-hybridized carbons (Fsp3) is 0.0526. The Balaban J connectivity index is 2.04. The predicted octanol–water partition coefficient (Wildman–Crippen LogP) is 5.33. The van der Waals surface area contributed by atoms with Gasteiger partial charge in [0.25, 0.3) is 0 Å². The van der Waals surface area contributed by atoms with E-state index in [2.05, 4.69) is 35.3 Å². The molecule has 3 aromatic rings. The van der Waals surface area contributed by atoms with E-state index in [1.54, 1.807) is 0 Å². The van der Waals surface area contributed by atoms with Gasteiger partial charge in [-0.15, -0.1) is 11.8 Å². The predicted molar refractivity (Wildman–Crippen MR) is 103 cm³/mol. The largest absolute Gasteiger partial charge is 0.279 e. The topological polar surface area (TPSA) is 29.4 Å². The molecule has 0 amide bonds. The number of fused-ring (bicyclic) bond motifs is 2. The van der Waals surface area contributed by atoms with Gasteiger partial charge < -0.3 is 0 Å². The maximum Gasteiger partial charge on any atom is 0.244 e. The molecule has 2 nitrogen and oxygen atoms in total. The van der Waals surface area contributed by atoms with Crippen LogP contribution in [-0.2, 0) is 4.79 Å². The minimum absolute atomic E-state index is 0.0198. The van der Waals surface area contributed by atoms with Gasteiger partial charge in [-0.2, -0.15) is 0 Å². The van der Waals surface area contributed by atoms with E-state index in [1.807, 2.05) is 36.6 Å². The number of benzene rings is 3. The molecular weight excluding hydrogens is 322 g/mol. The number of hydrogen-bond acceptors (Lipinski definition) is 4. The Hall–Kier alpha value is -2.04. The van der Waals surface area contributed by atoms with Crippen LogP contribution in [0.2, 0.25) is 0 Å². The highest BCUT2D eigenvalue weighted by Gasteiger charge is 2.22. The summed E-state index contributed by atoms with van der Waals surface area (Å²) in [6, 6.07) is 18.7. The standard InChI is InChI=1S/C19H13NOS2/c1-22-19-20-17(18(21)23-19)11-16-14-8-4-2-6-12(14)10-13-7-3-5-9-15(13)16/h2-11H,1H3/b17-11+. The van der Waals surface area contributed by atoms with Crippen molar-refractivity contribution in [2.24, 2.45) is 4.99 Å². The fourth-order valence-corrected chi connectivity index (χ4v) is 4.08. The molecule has 0 aromatic heterocycles. The molecule has 0 spiro atoms. The van der Waals surface area contributed by atoms with Crippen molar-refractivity contribution in [3.05, 3.63) is 65.9 Å². The van der Waals surface area contributed by atoms with Crippen molar-refractivity contribution in [2.45, 2.75) is 0 Å². The molecule has 0 saturated carbocycles. The molecule has 4 rings (SSSR count). The van der Waals surface area contributed by atoms with E-state index in [1.165, 1.54) is 34.3 Å². The molecule has 3 aromatic carbocycles. The van der Waals surface area contributed by atoms with Gasteiger partial charge in [0, 0.05) is 0 Å². The van der Waals surface area contributed by atoms with Crippen molar-refractivity contribution in [2.75, 3.05) is 6.26 Å². The van der Waals surface area contributed by atoms with Crippen molar-refractivity contribution in [1.82, 2.24) is 0 Å². The molecule has 23 heavy (non-hydrogen) atoms. The summed E-state index contributed by atoms with van der Waals surface area (Å²) in [6.07, 6.45) is 3.87. The molecule has 1 aliphatic heterocycles. The molecular formula is C19H13NOS2. The Labute approximate surface area is 142 Å². The molecule has 112 valence electrons. The van der Waals surface area contributed by atoms with Gasteiger partial charge in [-0.3, -0.25) is 4.79 Å². The van der Waals surface area contributed by atoms with Gasteiger partial charge in [-0.05, 0) is 57.3 Å². The average Bonchev–Trinajstić information content (AvgIpc) is 2.94. The zero-order valence-corrected chi connectivity index (χ0v) is 14.1. The first-order chi connectivity index (χ1) is 11.3. The first kappa shape index (κ1) is 14.5. The molecule has 0 atom stereocenters. The third-order valence-electron chi connectivity index (χ3n) is 3.87. The molecule has 0 aliphatic carbocycles. The molecule has 1 aliphatic rings. The fourth-order valence-electron chi connectivity index (χ4n) is 2.82. The Bertz CT molecular complexity index is 951. The first-order valence-electron chi connectivity index (χ1n) is 7.23. The third kappa shape index (κ3) is 2.58. The highest BCUT2D eigenvalue weighted by atomic mass is 32.2. The van der Waals surface area contributed by atoms with E-state index in [0.717, 1.165) is 20.7 Å². The molecule has 0 radical (unpaired) electrons. The lowest BCUT2D eigenvalue weighted by atomic mass is 9.96. The van der Waals surface area contributed by atoms with Gasteiger partial charge in [0.1, 0.15) is 10.1 Å². The van der Waals surface area contributed by atoms with Gasteiger partial charge in [-0.1, -0.05) is 48.5 Å². The van der Waals surface area contributed by atoms with Crippen LogP contribution in [0.15, 0.2) is 65.3 Å². The second-order valence-corrected chi connectivity index (χ2v) is 7.25. The van der Waals surface area contributed by atoms with Crippen LogP contribution in [0, 0.1) is 0 Å². The van der Waals surface area contributed by atoms with E-state index in [9.17, 15) is 4.79 Å². The lowest BCUT2D eigenvalue weighted by Gasteiger charge is -2.08. The van der Waals surface area contributed by atoms with Crippen LogP contribution in [0.4, 0.5) is 0 Å². The number of aliphatic imine (C=N–C) groups is 1. The van der Waals surface area contributed by atoms with Crippen LogP contribution < -0.4 is 0 Å². The SMILES string of the molecule is CSC1=N/C(=C/c2c3ccccc3cc3ccccc23)C(=O)S1. The van der Waals surface area contributed by atoms with E-state index >= 15 is 0 Å². The molecule has 0 bridgehead atoms. The summed E-state index contributed by atoms with van der Waals surface area (Å²) in [5.41, 5.74) is 1.59. The van der Waals surface area contributed by atoms with Crippen LogP contribution in [-0.4, -0.2) is 15.7 Å². The number of carbonyl (C=O) groups excluding carboxylic acids is 1. The lowest BCUT2D eigenvalue weighted by molar-refractivity contribution is -0.107. The maximum atomic E-state index is 12.2. The van der Waals surface area contributed by atoms with Crippen LogP contribution >= 0.6 is 23.5 Å². The minimum atomic E-state index is 0.0198. The Morgan fingerprint density at radius 2 is 1.61 bits per heavy atom. The van der Waals surface area contributed by atoms with Gasteiger partial charge in [0.15, 0.2) is 0 Å². The van der Waals surface area contributed by atoms with Crippen molar-refractivity contribution in [1.29, 1.82) is 0 Å². The van der Waals surface area contributed by atoms with Crippen molar-refractivity contribution in [3.63, 3.8) is 0 Å². The Morgan fingerprint density at radius 3 is 2.17 bits per heavy atom. The molecule has 4 heteroatoms. The quantitative estimate of drug-likeness (QED) is 0.445. The zero-order chi connectivity index (χ0) is 15.8. The zero-order valence-electron chi connectivity index (χ0n) is 12.4. The van der Waals surface area contributed by atoms with E-state index in [-0.39, 0.29) is 5.12 Å². The van der Waals surface area contributed by atoms with Crippen molar-refractivity contribution in [3.8, 4) is 0 Å². The highest BCUT2D eigenvalue weighted by molar-refractivity contribution is 8.45. The van der Waals surface area contributed by atoms with Gasteiger partial charge in [0.05, 0.1) is 0 Å². The molecule has 0 unspecified atom stereocenters. The van der Waals surface area contributed by atoms with Gasteiger partial charge >= 0.3 is 0 Å². The lowest BCUT2D eigenvalue weighted by Crippen LogP contribution is -1.90. The molecule has 0 N–H and O–H groups in total.